The van der Waals surface area contributed by atoms with Crippen LogP contribution >= 0.6 is 0 Å². The number of para-hydroxylation sites is 2. The zero-order valence-electron chi connectivity index (χ0n) is 19.6. The van der Waals surface area contributed by atoms with Crippen LogP contribution in [0.4, 0.5) is 5.69 Å². The fourth-order valence-electron chi connectivity index (χ4n) is 4.08. The van der Waals surface area contributed by atoms with Gasteiger partial charge in [0, 0.05) is 11.8 Å². The number of carbonyl (C=O) groups excluding carboxylic acids is 2. The van der Waals surface area contributed by atoms with E-state index in [0.717, 1.165) is 5.39 Å². The van der Waals surface area contributed by atoms with Gasteiger partial charge in [0.1, 0.15) is 24.1 Å². The first-order valence-corrected chi connectivity index (χ1v) is 11.2. The maximum atomic E-state index is 13.5. The molecule has 0 radical (unpaired) electrons. The van der Waals surface area contributed by atoms with E-state index in [1.807, 2.05) is 31.2 Å². The van der Waals surface area contributed by atoms with Crippen LogP contribution in [0, 0.1) is 0 Å². The monoisotopic (exact) mass is 486 g/mol. The molecular weight excluding hydrogens is 464 g/mol. The van der Waals surface area contributed by atoms with E-state index in [-0.39, 0.29) is 35.6 Å². The Morgan fingerprint density at radius 3 is 2.67 bits per heavy atom. The Bertz CT molecular complexity index is 1660. The summed E-state index contributed by atoms with van der Waals surface area (Å²) < 4.78 is 13.0. The van der Waals surface area contributed by atoms with E-state index in [9.17, 15) is 14.4 Å². The Morgan fingerprint density at radius 2 is 1.89 bits per heavy atom. The van der Waals surface area contributed by atoms with Gasteiger partial charge in [-0.15, -0.1) is 0 Å². The number of carbonyl (C=O) groups is 2. The van der Waals surface area contributed by atoms with E-state index in [0.29, 0.717) is 29.0 Å². The predicted molar refractivity (Wildman–Crippen MR) is 131 cm³/mol. The molecule has 0 aliphatic carbocycles. The smallest absolute Gasteiger partial charge is 0.339 e. The molecule has 3 heterocycles. The summed E-state index contributed by atoms with van der Waals surface area (Å²) >= 11 is 0. The lowest BCUT2D eigenvalue weighted by Gasteiger charge is -2.11. The maximum absolute atomic E-state index is 13.5. The molecule has 1 N–H and O–H groups in total. The molecule has 5 aromatic rings. The molecule has 0 fully saturated rings. The molecule has 0 spiro atoms. The highest BCUT2D eigenvalue weighted by molar-refractivity contribution is 6.07. The lowest BCUT2D eigenvalue weighted by atomic mass is 10.2. The average molecular weight is 486 g/mol. The second-order valence-electron chi connectivity index (χ2n) is 8.02. The molecule has 182 valence electrons. The highest BCUT2D eigenvalue weighted by atomic mass is 16.5. The molecule has 0 saturated carbocycles. The molecule has 1 amide bonds. The van der Waals surface area contributed by atoms with Crippen molar-refractivity contribution in [2.45, 2.75) is 26.4 Å². The predicted octanol–water partition coefficient (Wildman–Crippen LogP) is 2.77. The number of amides is 1. The molecule has 2 aromatic carbocycles. The quantitative estimate of drug-likeness (QED) is 0.347. The van der Waals surface area contributed by atoms with Crippen molar-refractivity contribution in [2.24, 2.45) is 0 Å². The molecule has 5 rings (SSSR count). The number of benzene rings is 2. The summed E-state index contributed by atoms with van der Waals surface area (Å²) in [6, 6.07) is 13.9. The fraction of sp³-hybridized carbons (Fsp3) is 0.200. The number of ether oxygens (including phenoxy) is 1. The average Bonchev–Trinajstić information content (AvgIpc) is 3.48. The van der Waals surface area contributed by atoms with Crippen LogP contribution in [0.2, 0.25) is 0 Å². The molecule has 0 saturated heterocycles. The van der Waals surface area contributed by atoms with Crippen molar-refractivity contribution >= 4 is 39.5 Å². The van der Waals surface area contributed by atoms with Crippen molar-refractivity contribution in [1.29, 1.82) is 0 Å². The van der Waals surface area contributed by atoms with Crippen molar-refractivity contribution in [3.63, 3.8) is 0 Å². The highest BCUT2D eigenvalue weighted by Crippen LogP contribution is 2.25. The lowest BCUT2D eigenvalue weighted by molar-refractivity contribution is -0.116. The molecule has 0 bridgehead atoms. The van der Waals surface area contributed by atoms with E-state index in [2.05, 4.69) is 20.4 Å². The van der Waals surface area contributed by atoms with Gasteiger partial charge in [0.15, 0.2) is 5.82 Å². The first-order valence-electron chi connectivity index (χ1n) is 11.2. The minimum Gasteiger partial charge on any atom is -0.465 e. The van der Waals surface area contributed by atoms with E-state index in [1.54, 1.807) is 28.8 Å². The summed E-state index contributed by atoms with van der Waals surface area (Å²) in [4.78, 5) is 47.5. The number of hydrogen-bond acceptors (Lipinski definition) is 8. The van der Waals surface area contributed by atoms with E-state index in [4.69, 9.17) is 9.26 Å². The summed E-state index contributed by atoms with van der Waals surface area (Å²) in [5.41, 5.74) is 1.62. The van der Waals surface area contributed by atoms with Crippen molar-refractivity contribution in [3.05, 3.63) is 82.5 Å². The molecule has 11 heteroatoms. The maximum Gasteiger partial charge on any atom is 0.339 e. The first-order chi connectivity index (χ1) is 17.5. The van der Waals surface area contributed by atoms with Gasteiger partial charge in [-0.05, 0) is 18.2 Å². The van der Waals surface area contributed by atoms with Crippen molar-refractivity contribution in [2.75, 3.05) is 12.4 Å². The molecule has 0 atom stereocenters. The van der Waals surface area contributed by atoms with Crippen LogP contribution in [0.3, 0.4) is 0 Å². The summed E-state index contributed by atoms with van der Waals surface area (Å²) in [6.45, 7) is 1.78. The van der Waals surface area contributed by atoms with Crippen LogP contribution in [0.15, 0.2) is 64.2 Å². The van der Waals surface area contributed by atoms with Crippen LogP contribution in [0.5, 0.6) is 0 Å². The highest BCUT2D eigenvalue weighted by Gasteiger charge is 2.20. The number of methoxy groups -OCH3 is 1. The second kappa shape index (κ2) is 9.45. The normalized spacial score (nSPS) is 11.2. The van der Waals surface area contributed by atoms with Crippen LogP contribution in [0.1, 0.15) is 29.0 Å². The lowest BCUT2D eigenvalue weighted by Crippen LogP contribution is -2.26. The van der Waals surface area contributed by atoms with Gasteiger partial charge >= 0.3 is 5.97 Å². The SMILES string of the molecule is CCc1noc(Cn2cnc3c4ccccc4n(CC(=O)Nc4ccccc4C(=O)OC)c3c2=O)n1. The van der Waals surface area contributed by atoms with Gasteiger partial charge in [0.25, 0.3) is 5.56 Å². The van der Waals surface area contributed by atoms with Crippen molar-refractivity contribution in [1.82, 2.24) is 24.3 Å². The molecular formula is C25H22N6O5. The van der Waals surface area contributed by atoms with Crippen LogP contribution in [-0.4, -0.2) is 43.2 Å². The topological polar surface area (TPSA) is 134 Å². The molecule has 3 aromatic heterocycles. The minimum atomic E-state index is -0.567. The summed E-state index contributed by atoms with van der Waals surface area (Å²) in [5, 5.41) is 7.36. The fourth-order valence-corrected chi connectivity index (χ4v) is 4.08. The zero-order chi connectivity index (χ0) is 25.2. The third kappa shape index (κ3) is 4.11. The summed E-state index contributed by atoms with van der Waals surface area (Å²) in [7, 11) is 1.27. The van der Waals surface area contributed by atoms with Gasteiger partial charge in [-0.3, -0.25) is 14.2 Å². The molecule has 0 aliphatic rings. The number of nitrogens with one attached hydrogen (secondary N) is 1. The number of aryl methyl sites for hydroxylation is 1. The number of anilines is 1. The van der Waals surface area contributed by atoms with Gasteiger partial charge in [0.2, 0.25) is 11.8 Å². The Morgan fingerprint density at radius 1 is 1.11 bits per heavy atom. The number of esters is 1. The van der Waals surface area contributed by atoms with E-state index < -0.39 is 11.9 Å². The van der Waals surface area contributed by atoms with Gasteiger partial charge < -0.3 is 19.1 Å². The zero-order valence-corrected chi connectivity index (χ0v) is 19.6. The summed E-state index contributed by atoms with van der Waals surface area (Å²) in [5.74, 6) is -0.157. The third-order valence-electron chi connectivity index (χ3n) is 5.77. The van der Waals surface area contributed by atoms with Gasteiger partial charge in [-0.25, -0.2) is 9.78 Å². The first kappa shape index (κ1) is 23.0. The van der Waals surface area contributed by atoms with Crippen LogP contribution in [-0.2, 0) is 29.0 Å². The van der Waals surface area contributed by atoms with Crippen molar-refractivity contribution in [3.8, 4) is 0 Å². The number of aromatic nitrogens is 5. The number of rotatable bonds is 7. The van der Waals surface area contributed by atoms with E-state index >= 15 is 0 Å². The Hall–Kier alpha value is -4.80. The number of nitrogens with zero attached hydrogens (tertiary/aromatic N) is 5. The van der Waals surface area contributed by atoms with Gasteiger partial charge in [-0.2, -0.15) is 4.98 Å². The summed E-state index contributed by atoms with van der Waals surface area (Å²) in [6.07, 6.45) is 2.04. The Balaban J connectivity index is 1.55. The number of fused-ring (bicyclic) bond motifs is 3. The van der Waals surface area contributed by atoms with Crippen molar-refractivity contribution < 1.29 is 18.8 Å². The standard InChI is InChI=1S/C25H22N6O5/c1-3-19-28-21(36-29-19)13-30-14-26-22-16-9-5-7-11-18(16)31(23(22)24(30)33)12-20(32)27-17-10-6-4-8-15(17)25(34)35-2/h4-11,14H,3,12-13H2,1-2H3,(H,27,32). The molecule has 11 nitrogen and oxygen atoms in total. The molecule has 0 unspecified atom stereocenters. The van der Waals surface area contributed by atoms with Gasteiger partial charge in [-0.1, -0.05) is 42.4 Å². The minimum absolute atomic E-state index is 0.0506. The largest absolute Gasteiger partial charge is 0.465 e. The molecule has 36 heavy (non-hydrogen) atoms. The van der Waals surface area contributed by atoms with Crippen LogP contribution in [0.25, 0.3) is 21.9 Å². The van der Waals surface area contributed by atoms with Gasteiger partial charge in [0.05, 0.1) is 30.2 Å². The molecule has 0 aliphatic heterocycles. The Kier molecular flexibility index (Phi) is 6.03. The Labute approximate surface area is 204 Å². The van der Waals surface area contributed by atoms with Crippen LogP contribution < -0.4 is 10.9 Å². The third-order valence-corrected chi connectivity index (χ3v) is 5.77. The second-order valence-corrected chi connectivity index (χ2v) is 8.02. The van der Waals surface area contributed by atoms with E-state index in [1.165, 1.54) is 18.0 Å². The number of hydrogen-bond donors (Lipinski definition) is 1.